The topological polar surface area (TPSA) is 76.8 Å². The highest BCUT2D eigenvalue weighted by Gasteiger charge is 2.19. The van der Waals surface area contributed by atoms with Gasteiger partial charge in [-0.1, -0.05) is 42.5 Å². The smallest absolute Gasteiger partial charge is 0.339 e. The summed E-state index contributed by atoms with van der Waals surface area (Å²) >= 11 is 0. The van der Waals surface area contributed by atoms with Crippen LogP contribution in [0.15, 0.2) is 107 Å². The van der Waals surface area contributed by atoms with Crippen molar-refractivity contribution in [3.05, 3.63) is 120 Å². The second-order valence-electron chi connectivity index (χ2n) is 7.63. The Kier molecular flexibility index (Phi) is 7.08. The number of benzene rings is 3. The summed E-state index contributed by atoms with van der Waals surface area (Å²) in [6.07, 6.45) is 1.76. The molecule has 0 unspecified atom stereocenters. The molecule has 1 heterocycles. The number of carbonyl (C=O) groups is 1. The molecule has 0 bridgehead atoms. The maximum absolute atomic E-state index is 13.1. The lowest BCUT2D eigenvalue weighted by Crippen LogP contribution is -2.31. The first-order valence-electron chi connectivity index (χ1n) is 10.5. The summed E-state index contributed by atoms with van der Waals surface area (Å²) < 4.78 is 48.9. The second kappa shape index (κ2) is 10.4. The maximum atomic E-state index is 13.1. The minimum atomic E-state index is -4.14. The fourth-order valence-corrected chi connectivity index (χ4v) is 4.32. The van der Waals surface area contributed by atoms with Crippen LogP contribution in [0.25, 0.3) is 0 Å². The molecular formula is C26H22FNO5S. The van der Waals surface area contributed by atoms with Gasteiger partial charge in [-0.05, 0) is 59.7 Å². The zero-order valence-corrected chi connectivity index (χ0v) is 19.0. The number of amides is 1. The lowest BCUT2D eigenvalue weighted by atomic mass is 10.1. The molecule has 0 fully saturated rings. The third-order valence-corrected chi connectivity index (χ3v) is 6.32. The van der Waals surface area contributed by atoms with Gasteiger partial charge in [-0.2, -0.15) is 8.42 Å². The Balaban J connectivity index is 1.52. The van der Waals surface area contributed by atoms with E-state index in [0.717, 1.165) is 29.8 Å². The average Bonchev–Trinajstić information content (AvgIpc) is 3.33. The van der Waals surface area contributed by atoms with Crippen molar-refractivity contribution in [1.82, 2.24) is 4.90 Å². The zero-order valence-electron chi connectivity index (χ0n) is 18.1. The molecule has 174 valence electrons. The first kappa shape index (κ1) is 23.3. The zero-order chi connectivity index (χ0) is 24.0. The Morgan fingerprint density at radius 1 is 0.853 bits per heavy atom. The van der Waals surface area contributed by atoms with Crippen LogP contribution < -0.4 is 4.18 Å². The summed E-state index contributed by atoms with van der Waals surface area (Å²) in [5.41, 5.74) is 1.57. The van der Waals surface area contributed by atoms with Gasteiger partial charge in [-0.25, -0.2) is 4.39 Å². The standard InChI is InChI=1S/C26H22FNO5S/c27-22-11-13-25(14-12-22)34(30,31)33-23-9-4-8-21(16-23)18-28(19-24-10-5-15-32-24)26(29)17-20-6-2-1-3-7-20/h1-16H,17-19H2. The van der Waals surface area contributed by atoms with E-state index in [9.17, 15) is 17.6 Å². The van der Waals surface area contributed by atoms with Crippen LogP contribution in [-0.4, -0.2) is 19.2 Å². The van der Waals surface area contributed by atoms with E-state index in [4.69, 9.17) is 8.60 Å². The molecule has 4 aromatic rings. The molecular weight excluding hydrogens is 457 g/mol. The summed E-state index contributed by atoms with van der Waals surface area (Å²) in [6.45, 7) is 0.484. The highest BCUT2D eigenvalue weighted by atomic mass is 32.2. The van der Waals surface area contributed by atoms with E-state index in [1.807, 2.05) is 30.3 Å². The Morgan fingerprint density at radius 3 is 2.29 bits per heavy atom. The largest absolute Gasteiger partial charge is 0.467 e. The first-order chi connectivity index (χ1) is 16.4. The number of hydrogen-bond donors (Lipinski definition) is 0. The Labute approximate surface area is 197 Å². The van der Waals surface area contributed by atoms with Crippen molar-refractivity contribution in [1.29, 1.82) is 0 Å². The quantitative estimate of drug-likeness (QED) is 0.317. The molecule has 0 N–H and O–H groups in total. The van der Waals surface area contributed by atoms with Crippen LogP contribution in [0.1, 0.15) is 16.9 Å². The van der Waals surface area contributed by atoms with E-state index in [2.05, 4.69) is 0 Å². The van der Waals surface area contributed by atoms with Crippen LogP contribution in [0, 0.1) is 5.82 Å². The van der Waals surface area contributed by atoms with Gasteiger partial charge in [0.2, 0.25) is 5.91 Å². The van der Waals surface area contributed by atoms with Crippen LogP contribution in [0.4, 0.5) is 4.39 Å². The van der Waals surface area contributed by atoms with E-state index in [1.54, 1.807) is 41.5 Å². The highest BCUT2D eigenvalue weighted by Crippen LogP contribution is 2.22. The van der Waals surface area contributed by atoms with Crippen molar-refractivity contribution < 1.29 is 26.2 Å². The summed E-state index contributed by atoms with van der Waals surface area (Å²) in [5.74, 6) is 0.0774. The SMILES string of the molecule is O=C(Cc1ccccc1)N(Cc1cccc(OS(=O)(=O)c2ccc(F)cc2)c1)Cc1ccco1. The number of nitrogens with zero attached hydrogens (tertiary/aromatic N) is 1. The molecule has 8 heteroatoms. The number of rotatable bonds is 9. The molecule has 1 aromatic heterocycles. The van der Waals surface area contributed by atoms with E-state index in [0.29, 0.717) is 11.3 Å². The van der Waals surface area contributed by atoms with Crippen LogP contribution in [0.3, 0.4) is 0 Å². The molecule has 0 aliphatic carbocycles. The molecule has 0 atom stereocenters. The molecule has 6 nitrogen and oxygen atoms in total. The molecule has 0 saturated carbocycles. The maximum Gasteiger partial charge on any atom is 0.339 e. The molecule has 4 rings (SSSR count). The third-order valence-electron chi connectivity index (χ3n) is 5.06. The van der Waals surface area contributed by atoms with Crippen LogP contribution in [-0.2, 0) is 34.4 Å². The lowest BCUT2D eigenvalue weighted by molar-refractivity contribution is -0.132. The van der Waals surface area contributed by atoms with Crippen LogP contribution >= 0.6 is 0 Å². The van der Waals surface area contributed by atoms with Gasteiger partial charge in [-0.15, -0.1) is 0 Å². The van der Waals surface area contributed by atoms with E-state index >= 15 is 0 Å². The summed E-state index contributed by atoms with van der Waals surface area (Å²) in [6, 6.07) is 23.8. The van der Waals surface area contributed by atoms with Crippen molar-refractivity contribution in [2.45, 2.75) is 24.4 Å². The Bertz CT molecular complexity index is 1340. The summed E-state index contributed by atoms with van der Waals surface area (Å²) in [4.78, 5) is 14.6. The van der Waals surface area contributed by atoms with E-state index < -0.39 is 15.9 Å². The van der Waals surface area contributed by atoms with Crippen molar-refractivity contribution >= 4 is 16.0 Å². The lowest BCUT2D eigenvalue weighted by Gasteiger charge is -2.22. The molecule has 3 aromatic carbocycles. The molecule has 0 aliphatic rings. The fraction of sp³-hybridized carbons (Fsp3) is 0.115. The van der Waals surface area contributed by atoms with Gasteiger partial charge >= 0.3 is 10.1 Å². The van der Waals surface area contributed by atoms with Crippen molar-refractivity contribution in [2.24, 2.45) is 0 Å². The summed E-state index contributed by atoms with van der Waals surface area (Å²) in [7, 11) is -4.14. The normalized spacial score (nSPS) is 11.2. The van der Waals surface area contributed by atoms with Gasteiger partial charge in [0.25, 0.3) is 0 Å². The molecule has 1 amide bonds. The van der Waals surface area contributed by atoms with Crippen molar-refractivity contribution in [2.75, 3.05) is 0 Å². The van der Waals surface area contributed by atoms with E-state index in [-0.39, 0.29) is 36.1 Å². The molecule has 34 heavy (non-hydrogen) atoms. The van der Waals surface area contributed by atoms with Gasteiger partial charge in [-0.3, -0.25) is 4.79 Å². The predicted octanol–water partition coefficient (Wildman–Crippen LogP) is 4.96. The van der Waals surface area contributed by atoms with Gasteiger partial charge in [0.05, 0.1) is 19.2 Å². The van der Waals surface area contributed by atoms with E-state index in [1.165, 1.54) is 6.07 Å². The molecule has 0 radical (unpaired) electrons. The Morgan fingerprint density at radius 2 is 1.59 bits per heavy atom. The molecule has 0 aliphatic heterocycles. The number of halogens is 1. The summed E-state index contributed by atoms with van der Waals surface area (Å²) in [5, 5.41) is 0. The minimum Gasteiger partial charge on any atom is -0.467 e. The average molecular weight is 480 g/mol. The number of furan rings is 1. The third kappa shape index (κ3) is 6.11. The van der Waals surface area contributed by atoms with Crippen LogP contribution in [0.5, 0.6) is 5.75 Å². The number of hydrogen-bond acceptors (Lipinski definition) is 5. The predicted molar refractivity (Wildman–Crippen MR) is 124 cm³/mol. The second-order valence-corrected chi connectivity index (χ2v) is 9.18. The van der Waals surface area contributed by atoms with Crippen molar-refractivity contribution in [3.8, 4) is 5.75 Å². The van der Waals surface area contributed by atoms with Gasteiger partial charge in [0.1, 0.15) is 22.2 Å². The van der Waals surface area contributed by atoms with Crippen molar-refractivity contribution in [3.63, 3.8) is 0 Å². The monoisotopic (exact) mass is 479 g/mol. The van der Waals surface area contributed by atoms with Gasteiger partial charge in [0.15, 0.2) is 0 Å². The van der Waals surface area contributed by atoms with Crippen LogP contribution in [0.2, 0.25) is 0 Å². The Hall–Kier alpha value is -3.91. The highest BCUT2D eigenvalue weighted by molar-refractivity contribution is 7.87. The molecule has 0 spiro atoms. The fourth-order valence-electron chi connectivity index (χ4n) is 3.40. The minimum absolute atomic E-state index is 0.0929. The van der Waals surface area contributed by atoms with Gasteiger partial charge < -0.3 is 13.5 Å². The first-order valence-corrected chi connectivity index (χ1v) is 11.9. The number of carbonyl (C=O) groups excluding carboxylic acids is 1. The molecule has 0 saturated heterocycles. The van der Waals surface area contributed by atoms with Gasteiger partial charge in [0, 0.05) is 6.54 Å².